The topological polar surface area (TPSA) is 49.7 Å². The monoisotopic (exact) mass is 302 g/mol. The first kappa shape index (κ1) is 15.9. The highest BCUT2D eigenvalue weighted by atomic mass is 16.5. The zero-order valence-electron chi connectivity index (χ0n) is 13.9. The lowest BCUT2D eigenvalue weighted by Crippen LogP contribution is -2.40. The number of methoxy groups -OCH3 is 1. The summed E-state index contributed by atoms with van der Waals surface area (Å²) in [7, 11) is 0.277. The predicted octanol–water partition coefficient (Wildman–Crippen LogP) is 2.48. The first-order chi connectivity index (χ1) is 10.4. The Hall–Kier alpha value is -0.995. The van der Waals surface area contributed by atoms with Crippen molar-refractivity contribution in [1.82, 2.24) is 0 Å². The van der Waals surface area contributed by atoms with Gasteiger partial charge in [-0.3, -0.25) is 0 Å². The fourth-order valence-electron chi connectivity index (χ4n) is 5.17. The van der Waals surface area contributed by atoms with Gasteiger partial charge in [-0.1, -0.05) is 26.0 Å². The Kier molecular flexibility index (Phi) is 4.26. The quantitative estimate of drug-likeness (QED) is 0.843. The molecule has 2 unspecified atom stereocenters. The molecule has 2 saturated carbocycles. The van der Waals surface area contributed by atoms with E-state index < -0.39 is 7.12 Å². The zero-order chi connectivity index (χ0) is 15.9. The fraction of sp³-hybridized carbons (Fsp3) is 0.667. The third-order valence-corrected chi connectivity index (χ3v) is 5.79. The minimum atomic E-state index is -1.42. The third-order valence-electron chi connectivity index (χ3n) is 5.79. The van der Waals surface area contributed by atoms with E-state index in [0.29, 0.717) is 5.46 Å². The lowest BCUT2D eigenvalue weighted by Gasteiger charge is -2.48. The predicted molar refractivity (Wildman–Crippen MR) is 89.4 cm³/mol. The molecule has 0 radical (unpaired) electrons. The van der Waals surface area contributed by atoms with Crippen LogP contribution in [0.4, 0.5) is 0 Å². The normalized spacial score (nSPS) is 34.3. The van der Waals surface area contributed by atoms with Crippen LogP contribution in [0, 0.1) is 17.8 Å². The van der Waals surface area contributed by atoms with Gasteiger partial charge in [0, 0.05) is 0 Å². The SMILES string of the molecule is COc1ccc(B(O)O)cc1C1(C)CC2CC(C)CC(C2)C1. The average Bonchev–Trinajstić information content (AvgIpc) is 2.44. The first-order valence-electron chi connectivity index (χ1n) is 8.46. The van der Waals surface area contributed by atoms with Crippen LogP contribution in [0.5, 0.6) is 5.75 Å². The third kappa shape index (κ3) is 2.91. The van der Waals surface area contributed by atoms with Crippen LogP contribution >= 0.6 is 0 Å². The van der Waals surface area contributed by atoms with Crippen LogP contribution in [-0.2, 0) is 5.41 Å². The van der Waals surface area contributed by atoms with E-state index in [1.54, 1.807) is 13.2 Å². The molecule has 2 aliphatic carbocycles. The van der Waals surface area contributed by atoms with Crippen LogP contribution in [0.3, 0.4) is 0 Å². The summed E-state index contributed by atoms with van der Waals surface area (Å²) in [6.45, 7) is 4.71. The van der Waals surface area contributed by atoms with Gasteiger partial charge in [-0.2, -0.15) is 0 Å². The van der Waals surface area contributed by atoms with Crippen LogP contribution < -0.4 is 10.2 Å². The van der Waals surface area contributed by atoms with Crippen molar-refractivity contribution < 1.29 is 14.8 Å². The molecule has 120 valence electrons. The Labute approximate surface area is 133 Å². The molecule has 22 heavy (non-hydrogen) atoms. The van der Waals surface area contributed by atoms with E-state index in [1.165, 1.54) is 32.1 Å². The molecule has 0 aliphatic heterocycles. The van der Waals surface area contributed by atoms with E-state index in [1.807, 2.05) is 12.1 Å². The largest absolute Gasteiger partial charge is 0.496 e. The Bertz CT molecular complexity index is 525. The molecule has 3 rings (SSSR count). The lowest BCUT2D eigenvalue weighted by atomic mass is 9.57. The molecule has 2 aliphatic rings. The summed E-state index contributed by atoms with van der Waals surface area (Å²) in [5, 5.41) is 19.0. The number of rotatable bonds is 3. The van der Waals surface area contributed by atoms with Crippen molar-refractivity contribution in [3.63, 3.8) is 0 Å². The summed E-state index contributed by atoms with van der Waals surface area (Å²) in [5.41, 5.74) is 1.77. The van der Waals surface area contributed by atoms with E-state index in [-0.39, 0.29) is 5.41 Å². The van der Waals surface area contributed by atoms with E-state index >= 15 is 0 Å². The van der Waals surface area contributed by atoms with Gasteiger partial charge in [0.05, 0.1) is 7.11 Å². The average molecular weight is 302 g/mol. The van der Waals surface area contributed by atoms with Gasteiger partial charge < -0.3 is 14.8 Å². The highest BCUT2D eigenvalue weighted by Gasteiger charge is 2.43. The number of ether oxygens (including phenoxy) is 1. The lowest BCUT2D eigenvalue weighted by molar-refractivity contribution is 0.0886. The molecule has 2 fully saturated rings. The standard InChI is InChI=1S/C18H27BO3/c1-12-6-13-8-14(7-12)11-18(2,10-13)16-9-15(19(20)21)4-5-17(16)22-3/h4-5,9,12-14,20-21H,6-8,10-11H2,1-3H3. The molecule has 1 aromatic carbocycles. The van der Waals surface area contributed by atoms with Gasteiger partial charge in [0.1, 0.15) is 5.75 Å². The van der Waals surface area contributed by atoms with E-state index in [2.05, 4.69) is 13.8 Å². The molecule has 1 aromatic rings. The summed E-state index contributed by atoms with van der Waals surface area (Å²) in [5.74, 6) is 3.31. The summed E-state index contributed by atoms with van der Waals surface area (Å²) in [4.78, 5) is 0. The molecular formula is C18H27BO3. The molecule has 2 bridgehead atoms. The number of hydrogen-bond donors (Lipinski definition) is 2. The maximum atomic E-state index is 9.50. The molecular weight excluding hydrogens is 275 g/mol. The zero-order valence-corrected chi connectivity index (χ0v) is 13.9. The van der Waals surface area contributed by atoms with Crippen LogP contribution in [0.2, 0.25) is 0 Å². The number of benzene rings is 1. The van der Waals surface area contributed by atoms with Gasteiger partial charge in [-0.25, -0.2) is 0 Å². The van der Waals surface area contributed by atoms with Crippen LogP contribution in [0.1, 0.15) is 51.5 Å². The second kappa shape index (κ2) is 5.90. The summed E-state index contributed by atoms with van der Waals surface area (Å²) in [6, 6.07) is 5.55. The van der Waals surface area contributed by atoms with Crippen LogP contribution in [-0.4, -0.2) is 24.3 Å². The van der Waals surface area contributed by atoms with Crippen LogP contribution in [0.25, 0.3) is 0 Å². The summed E-state index contributed by atoms with van der Waals surface area (Å²) in [6.07, 6.45) is 6.38. The van der Waals surface area contributed by atoms with E-state index in [0.717, 1.165) is 29.1 Å². The summed E-state index contributed by atoms with van der Waals surface area (Å²) < 4.78 is 5.58. The highest BCUT2D eigenvalue weighted by Crippen LogP contribution is 2.52. The number of fused-ring (bicyclic) bond motifs is 2. The van der Waals surface area contributed by atoms with Crippen molar-refractivity contribution >= 4 is 12.6 Å². The van der Waals surface area contributed by atoms with Gasteiger partial charge >= 0.3 is 7.12 Å². The van der Waals surface area contributed by atoms with Crippen molar-refractivity contribution in [2.24, 2.45) is 17.8 Å². The van der Waals surface area contributed by atoms with Gasteiger partial charge in [0.25, 0.3) is 0 Å². The van der Waals surface area contributed by atoms with E-state index in [9.17, 15) is 10.0 Å². The molecule has 4 heteroatoms. The maximum absolute atomic E-state index is 9.50. The van der Waals surface area contributed by atoms with Crippen molar-refractivity contribution in [2.45, 2.75) is 51.4 Å². The van der Waals surface area contributed by atoms with Crippen molar-refractivity contribution in [2.75, 3.05) is 7.11 Å². The van der Waals surface area contributed by atoms with Gasteiger partial charge in [-0.15, -0.1) is 0 Å². The minimum Gasteiger partial charge on any atom is -0.496 e. The van der Waals surface area contributed by atoms with Gasteiger partial charge in [0.15, 0.2) is 0 Å². The molecule has 0 saturated heterocycles. The maximum Gasteiger partial charge on any atom is 0.488 e. The van der Waals surface area contributed by atoms with Gasteiger partial charge in [0.2, 0.25) is 0 Å². The first-order valence-corrected chi connectivity index (χ1v) is 8.46. The molecule has 3 nitrogen and oxygen atoms in total. The Balaban J connectivity index is 1.96. The molecule has 0 aromatic heterocycles. The molecule has 0 amide bonds. The number of hydrogen-bond acceptors (Lipinski definition) is 3. The molecule has 2 atom stereocenters. The fourth-order valence-corrected chi connectivity index (χ4v) is 5.17. The van der Waals surface area contributed by atoms with Crippen molar-refractivity contribution in [1.29, 1.82) is 0 Å². The molecule has 0 heterocycles. The minimum absolute atomic E-state index is 0.0734. The van der Waals surface area contributed by atoms with E-state index in [4.69, 9.17) is 4.74 Å². The Morgan fingerprint density at radius 3 is 2.32 bits per heavy atom. The second-order valence-corrected chi connectivity index (χ2v) is 7.85. The second-order valence-electron chi connectivity index (χ2n) is 7.85. The Morgan fingerprint density at radius 2 is 1.77 bits per heavy atom. The highest BCUT2D eigenvalue weighted by molar-refractivity contribution is 6.58. The van der Waals surface area contributed by atoms with Crippen LogP contribution in [0.15, 0.2) is 18.2 Å². The molecule has 2 N–H and O–H groups in total. The molecule has 0 spiro atoms. The van der Waals surface area contributed by atoms with Crippen molar-refractivity contribution in [3.05, 3.63) is 23.8 Å². The van der Waals surface area contributed by atoms with Gasteiger partial charge in [-0.05, 0) is 72.4 Å². The Morgan fingerprint density at radius 1 is 1.14 bits per heavy atom. The smallest absolute Gasteiger partial charge is 0.488 e. The van der Waals surface area contributed by atoms with Crippen molar-refractivity contribution in [3.8, 4) is 5.75 Å². The summed E-state index contributed by atoms with van der Waals surface area (Å²) >= 11 is 0.